The first-order valence-corrected chi connectivity index (χ1v) is 7.44. The van der Waals surface area contributed by atoms with Gasteiger partial charge in [-0.3, -0.25) is 4.79 Å². The van der Waals surface area contributed by atoms with Crippen molar-refractivity contribution in [1.29, 1.82) is 0 Å². The summed E-state index contributed by atoms with van der Waals surface area (Å²) in [5.74, 6) is -0.103. The van der Waals surface area contributed by atoms with Crippen molar-refractivity contribution in [3.63, 3.8) is 0 Å². The molecule has 0 atom stereocenters. The monoisotopic (exact) mass is 301 g/mol. The highest BCUT2D eigenvalue weighted by Crippen LogP contribution is 2.21. The van der Waals surface area contributed by atoms with Gasteiger partial charge >= 0.3 is 0 Å². The van der Waals surface area contributed by atoms with E-state index in [1.807, 2.05) is 6.07 Å². The van der Waals surface area contributed by atoms with Crippen LogP contribution in [0.1, 0.15) is 11.3 Å². The Morgan fingerprint density at radius 2 is 2.29 bits per heavy atom. The largest absolute Gasteiger partial charge is 0.350 e. The number of rotatable bonds is 5. The van der Waals surface area contributed by atoms with Gasteiger partial charge in [-0.2, -0.15) is 0 Å². The molecule has 6 nitrogen and oxygen atoms in total. The van der Waals surface area contributed by atoms with E-state index in [0.29, 0.717) is 18.8 Å². The van der Waals surface area contributed by atoms with Crippen molar-refractivity contribution in [1.82, 2.24) is 20.3 Å². The Morgan fingerprint density at radius 3 is 3.10 bits per heavy atom. The number of thiophene rings is 1. The number of carbonyl (C=O) groups is 1. The van der Waals surface area contributed by atoms with Crippen molar-refractivity contribution in [2.24, 2.45) is 5.73 Å². The molecule has 2 aromatic heterocycles. The van der Waals surface area contributed by atoms with Gasteiger partial charge in [0.2, 0.25) is 5.91 Å². The molecule has 1 aromatic carbocycles. The van der Waals surface area contributed by atoms with Gasteiger partial charge in [0.15, 0.2) is 0 Å². The number of amides is 1. The number of hydrogen-bond donors (Lipinski definition) is 2. The topological polar surface area (TPSA) is 85.8 Å². The van der Waals surface area contributed by atoms with Crippen LogP contribution in [0.3, 0.4) is 0 Å². The van der Waals surface area contributed by atoms with Crippen LogP contribution in [0.4, 0.5) is 0 Å². The third-order valence-electron chi connectivity index (χ3n) is 3.11. The number of nitrogens with two attached hydrogens (primary N) is 1. The smallest absolute Gasteiger partial charge is 0.242 e. The second-order valence-corrected chi connectivity index (χ2v) is 5.63. The SMILES string of the molecule is NCc1cn(CC(=O)NCc2ccc3sccc3c2)nn1. The number of nitrogens with one attached hydrogen (secondary N) is 1. The Labute approximate surface area is 125 Å². The summed E-state index contributed by atoms with van der Waals surface area (Å²) in [7, 11) is 0. The Hall–Kier alpha value is -2.25. The first-order valence-electron chi connectivity index (χ1n) is 6.56. The zero-order valence-corrected chi connectivity index (χ0v) is 12.1. The van der Waals surface area contributed by atoms with E-state index in [-0.39, 0.29) is 12.5 Å². The predicted octanol–water partition coefficient (Wildman–Crippen LogP) is 1.27. The number of nitrogens with zero attached hydrogens (tertiary/aromatic N) is 3. The van der Waals surface area contributed by atoms with Crippen LogP contribution in [-0.4, -0.2) is 20.9 Å². The van der Waals surface area contributed by atoms with Gasteiger partial charge in [-0.25, -0.2) is 4.68 Å². The Balaban J connectivity index is 1.57. The molecule has 0 aliphatic rings. The van der Waals surface area contributed by atoms with Crippen LogP contribution < -0.4 is 11.1 Å². The minimum absolute atomic E-state index is 0.103. The number of carbonyl (C=O) groups excluding carboxylic acids is 1. The summed E-state index contributed by atoms with van der Waals surface area (Å²) in [4.78, 5) is 11.9. The summed E-state index contributed by atoms with van der Waals surface area (Å²) in [5.41, 5.74) is 7.20. The van der Waals surface area contributed by atoms with E-state index in [1.54, 1.807) is 17.5 Å². The lowest BCUT2D eigenvalue weighted by molar-refractivity contribution is -0.122. The molecule has 0 bridgehead atoms. The van der Waals surface area contributed by atoms with Gasteiger partial charge in [0, 0.05) is 17.8 Å². The van der Waals surface area contributed by atoms with E-state index in [9.17, 15) is 4.79 Å². The third-order valence-corrected chi connectivity index (χ3v) is 4.01. The van der Waals surface area contributed by atoms with E-state index < -0.39 is 0 Å². The van der Waals surface area contributed by atoms with E-state index in [1.165, 1.54) is 14.8 Å². The maximum Gasteiger partial charge on any atom is 0.242 e. The van der Waals surface area contributed by atoms with Gasteiger partial charge in [-0.15, -0.1) is 16.4 Å². The van der Waals surface area contributed by atoms with Crippen LogP contribution in [0.2, 0.25) is 0 Å². The standard InChI is InChI=1S/C14H15N5OS/c15-6-12-8-19(18-17-12)9-14(20)16-7-10-1-2-13-11(5-10)3-4-21-13/h1-5,8H,6-7,9,15H2,(H,16,20). The van der Waals surface area contributed by atoms with Crippen molar-refractivity contribution < 1.29 is 4.79 Å². The summed E-state index contributed by atoms with van der Waals surface area (Å²) >= 11 is 1.71. The molecule has 108 valence electrons. The molecule has 3 rings (SSSR count). The van der Waals surface area contributed by atoms with Crippen LogP contribution in [0.25, 0.3) is 10.1 Å². The summed E-state index contributed by atoms with van der Waals surface area (Å²) < 4.78 is 2.74. The summed E-state index contributed by atoms with van der Waals surface area (Å²) in [6.45, 7) is 0.971. The fourth-order valence-electron chi connectivity index (χ4n) is 2.04. The average Bonchev–Trinajstić information content (AvgIpc) is 3.13. The first-order chi connectivity index (χ1) is 10.2. The minimum atomic E-state index is -0.103. The average molecular weight is 301 g/mol. The van der Waals surface area contributed by atoms with Crippen LogP contribution in [0, 0.1) is 0 Å². The highest BCUT2D eigenvalue weighted by molar-refractivity contribution is 7.17. The molecule has 7 heteroatoms. The van der Waals surface area contributed by atoms with Crippen molar-refractivity contribution in [3.8, 4) is 0 Å². The number of fused-ring (bicyclic) bond motifs is 1. The fraction of sp³-hybridized carbons (Fsp3) is 0.214. The quantitative estimate of drug-likeness (QED) is 0.743. The molecule has 0 spiro atoms. The second kappa shape index (κ2) is 6.02. The van der Waals surface area contributed by atoms with Crippen molar-refractivity contribution in [2.45, 2.75) is 19.6 Å². The fourth-order valence-corrected chi connectivity index (χ4v) is 2.81. The number of benzene rings is 1. The van der Waals surface area contributed by atoms with Gasteiger partial charge in [0.05, 0.1) is 11.9 Å². The van der Waals surface area contributed by atoms with Crippen molar-refractivity contribution >= 4 is 27.3 Å². The zero-order valence-electron chi connectivity index (χ0n) is 11.3. The normalized spacial score (nSPS) is 10.9. The van der Waals surface area contributed by atoms with Gasteiger partial charge in [-0.05, 0) is 34.5 Å². The van der Waals surface area contributed by atoms with E-state index >= 15 is 0 Å². The van der Waals surface area contributed by atoms with Crippen LogP contribution in [0.15, 0.2) is 35.8 Å². The highest BCUT2D eigenvalue weighted by Gasteiger charge is 2.06. The van der Waals surface area contributed by atoms with E-state index in [0.717, 1.165) is 5.56 Å². The molecule has 0 aliphatic heterocycles. The molecular formula is C14H15N5OS. The molecule has 0 unspecified atom stereocenters. The molecule has 0 saturated carbocycles. The van der Waals surface area contributed by atoms with Gasteiger partial charge in [-0.1, -0.05) is 11.3 Å². The lowest BCUT2D eigenvalue weighted by atomic mass is 10.2. The molecule has 0 aliphatic carbocycles. The molecule has 0 saturated heterocycles. The van der Waals surface area contributed by atoms with Gasteiger partial charge in [0.1, 0.15) is 6.54 Å². The molecule has 3 aromatic rings. The van der Waals surface area contributed by atoms with Gasteiger partial charge in [0.25, 0.3) is 0 Å². The maximum absolute atomic E-state index is 11.9. The van der Waals surface area contributed by atoms with Gasteiger partial charge < -0.3 is 11.1 Å². The van der Waals surface area contributed by atoms with Crippen LogP contribution in [0.5, 0.6) is 0 Å². The first kappa shape index (κ1) is 13.7. The van der Waals surface area contributed by atoms with E-state index in [4.69, 9.17) is 5.73 Å². The van der Waals surface area contributed by atoms with Crippen LogP contribution in [-0.2, 0) is 24.4 Å². The maximum atomic E-state index is 11.9. The lowest BCUT2D eigenvalue weighted by Gasteiger charge is -2.05. The summed E-state index contributed by atoms with van der Waals surface area (Å²) in [6, 6.07) is 8.27. The third kappa shape index (κ3) is 3.26. The molecule has 21 heavy (non-hydrogen) atoms. The Kier molecular flexibility index (Phi) is 3.94. The number of aromatic nitrogens is 3. The molecule has 1 amide bonds. The second-order valence-electron chi connectivity index (χ2n) is 4.68. The minimum Gasteiger partial charge on any atom is -0.350 e. The van der Waals surface area contributed by atoms with Crippen molar-refractivity contribution in [3.05, 3.63) is 47.1 Å². The molecule has 3 N–H and O–H groups in total. The zero-order chi connectivity index (χ0) is 14.7. The Morgan fingerprint density at radius 1 is 1.38 bits per heavy atom. The molecule has 2 heterocycles. The molecule has 0 fully saturated rings. The summed E-state index contributed by atoms with van der Waals surface area (Å²) in [5, 5.41) is 13.8. The van der Waals surface area contributed by atoms with Crippen molar-refractivity contribution in [2.75, 3.05) is 0 Å². The van der Waals surface area contributed by atoms with Crippen LogP contribution >= 0.6 is 11.3 Å². The predicted molar refractivity (Wildman–Crippen MR) is 81.6 cm³/mol. The Bertz CT molecular complexity index is 763. The lowest BCUT2D eigenvalue weighted by Crippen LogP contribution is -2.27. The summed E-state index contributed by atoms with van der Waals surface area (Å²) in [6.07, 6.45) is 1.68. The highest BCUT2D eigenvalue weighted by atomic mass is 32.1. The molecular weight excluding hydrogens is 286 g/mol. The number of hydrogen-bond acceptors (Lipinski definition) is 5. The van der Waals surface area contributed by atoms with E-state index in [2.05, 4.69) is 39.2 Å². The molecule has 0 radical (unpaired) electrons.